The molecular weight excluding hydrogens is 252 g/mol. The molecule has 1 unspecified atom stereocenters. The lowest BCUT2D eigenvalue weighted by Gasteiger charge is -2.19. The monoisotopic (exact) mass is 270 g/mol. The van der Waals surface area contributed by atoms with Crippen molar-refractivity contribution in [2.45, 2.75) is 19.9 Å². The predicted molar refractivity (Wildman–Crippen MR) is 85.4 cm³/mol. The van der Waals surface area contributed by atoms with Gasteiger partial charge in [0.15, 0.2) is 5.11 Å². The Bertz CT molecular complexity index is 552. The molecule has 2 aromatic rings. The van der Waals surface area contributed by atoms with Crippen LogP contribution < -0.4 is 10.6 Å². The van der Waals surface area contributed by atoms with E-state index < -0.39 is 0 Å². The van der Waals surface area contributed by atoms with Crippen molar-refractivity contribution in [3.05, 3.63) is 65.7 Å². The third-order valence-corrected chi connectivity index (χ3v) is 3.25. The molecule has 0 bridgehead atoms. The number of hydrogen-bond acceptors (Lipinski definition) is 1. The highest BCUT2D eigenvalue weighted by Gasteiger charge is 2.08. The van der Waals surface area contributed by atoms with Gasteiger partial charge in [-0.25, -0.2) is 0 Å². The van der Waals surface area contributed by atoms with Crippen molar-refractivity contribution in [3.63, 3.8) is 0 Å². The fourth-order valence-corrected chi connectivity index (χ4v) is 2.33. The molecule has 0 aliphatic rings. The molecule has 2 nitrogen and oxygen atoms in total. The number of hydrogen-bond donors (Lipinski definition) is 2. The second-order valence-electron chi connectivity index (χ2n) is 4.54. The van der Waals surface area contributed by atoms with Gasteiger partial charge in [0.2, 0.25) is 0 Å². The maximum absolute atomic E-state index is 5.33. The number of anilines is 1. The third-order valence-electron chi connectivity index (χ3n) is 3.03. The highest BCUT2D eigenvalue weighted by molar-refractivity contribution is 7.80. The van der Waals surface area contributed by atoms with Crippen LogP contribution in [0, 0.1) is 6.92 Å². The van der Waals surface area contributed by atoms with Crippen molar-refractivity contribution in [3.8, 4) is 0 Å². The van der Waals surface area contributed by atoms with Crippen LogP contribution in [0.4, 0.5) is 5.69 Å². The summed E-state index contributed by atoms with van der Waals surface area (Å²) in [5.41, 5.74) is 3.53. The summed E-state index contributed by atoms with van der Waals surface area (Å²) in [7, 11) is 0. The zero-order valence-electron chi connectivity index (χ0n) is 11.2. The van der Waals surface area contributed by atoms with Crippen molar-refractivity contribution >= 4 is 23.0 Å². The SMILES string of the molecule is Cc1ccccc1C(C)NC(=S)Nc1ccccc1. The Labute approximate surface area is 119 Å². The van der Waals surface area contributed by atoms with E-state index >= 15 is 0 Å². The molecule has 19 heavy (non-hydrogen) atoms. The lowest BCUT2D eigenvalue weighted by Crippen LogP contribution is -2.31. The largest absolute Gasteiger partial charge is 0.356 e. The third kappa shape index (κ3) is 3.80. The van der Waals surface area contributed by atoms with Crippen LogP contribution in [0.5, 0.6) is 0 Å². The number of benzene rings is 2. The Morgan fingerprint density at radius 3 is 2.32 bits per heavy atom. The van der Waals surface area contributed by atoms with Crippen molar-refractivity contribution in [2.24, 2.45) is 0 Å². The molecule has 0 heterocycles. The van der Waals surface area contributed by atoms with Gasteiger partial charge < -0.3 is 10.6 Å². The van der Waals surface area contributed by atoms with Crippen LogP contribution in [-0.2, 0) is 0 Å². The number of nitrogens with one attached hydrogen (secondary N) is 2. The summed E-state index contributed by atoms with van der Waals surface area (Å²) in [5, 5.41) is 7.13. The van der Waals surface area contributed by atoms with E-state index in [1.165, 1.54) is 11.1 Å². The second kappa shape index (κ2) is 6.34. The van der Waals surface area contributed by atoms with E-state index in [2.05, 4.69) is 36.6 Å². The van der Waals surface area contributed by atoms with Gasteiger partial charge in [0.25, 0.3) is 0 Å². The number of rotatable bonds is 3. The molecule has 2 aromatic carbocycles. The molecule has 0 aliphatic carbocycles. The standard InChI is InChI=1S/C16H18N2S/c1-12-8-6-7-11-15(12)13(2)17-16(19)18-14-9-4-3-5-10-14/h3-11,13H,1-2H3,(H2,17,18,19). The summed E-state index contributed by atoms with van der Waals surface area (Å²) < 4.78 is 0. The minimum atomic E-state index is 0.185. The van der Waals surface area contributed by atoms with Crippen LogP contribution in [0.15, 0.2) is 54.6 Å². The molecule has 0 aromatic heterocycles. The molecule has 0 saturated carbocycles. The van der Waals surface area contributed by atoms with E-state index in [4.69, 9.17) is 12.2 Å². The Morgan fingerprint density at radius 2 is 1.63 bits per heavy atom. The van der Waals surface area contributed by atoms with Crippen LogP contribution in [0.1, 0.15) is 24.1 Å². The molecule has 0 spiro atoms. The summed E-state index contributed by atoms with van der Waals surface area (Å²) >= 11 is 5.33. The van der Waals surface area contributed by atoms with Crippen molar-refractivity contribution in [1.82, 2.24) is 5.32 Å². The molecule has 1 atom stereocenters. The Hall–Kier alpha value is -1.87. The quantitative estimate of drug-likeness (QED) is 0.823. The maximum Gasteiger partial charge on any atom is 0.171 e. The normalized spacial score (nSPS) is 11.7. The molecule has 3 heteroatoms. The van der Waals surface area contributed by atoms with E-state index in [0.717, 1.165) is 5.69 Å². The van der Waals surface area contributed by atoms with Crippen LogP contribution >= 0.6 is 12.2 Å². The maximum atomic E-state index is 5.33. The lowest BCUT2D eigenvalue weighted by molar-refractivity contribution is 0.717. The molecule has 0 amide bonds. The first-order chi connectivity index (χ1) is 9.16. The van der Waals surface area contributed by atoms with E-state index in [1.54, 1.807) is 0 Å². The summed E-state index contributed by atoms with van der Waals surface area (Å²) in [5.74, 6) is 0. The summed E-state index contributed by atoms with van der Waals surface area (Å²) in [4.78, 5) is 0. The zero-order chi connectivity index (χ0) is 13.7. The smallest absolute Gasteiger partial charge is 0.171 e. The lowest BCUT2D eigenvalue weighted by atomic mass is 10.0. The van der Waals surface area contributed by atoms with Gasteiger partial charge in [0.1, 0.15) is 0 Å². The van der Waals surface area contributed by atoms with Crippen molar-refractivity contribution in [2.75, 3.05) is 5.32 Å². The van der Waals surface area contributed by atoms with Crippen LogP contribution in [-0.4, -0.2) is 5.11 Å². The highest BCUT2D eigenvalue weighted by Crippen LogP contribution is 2.16. The molecule has 2 rings (SSSR count). The average molecular weight is 270 g/mol. The van der Waals surface area contributed by atoms with Gasteiger partial charge in [0.05, 0.1) is 6.04 Å². The number of para-hydroxylation sites is 1. The zero-order valence-corrected chi connectivity index (χ0v) is 12.0. The summed E-state index contributed by atoms with van der Waals surface area (Å²) in [6.45, 7) is 4.22. The molecule has 0 radical (unpaired) electrons. The molecular formula is C16H18N2S. The fourth-order valence-electron chi connectivity index (χ4n) is 2.04. The number of aryl methyl sites for hydroxylation is 1. The molecule has 98 valence electrons. The summed E-state index contributed by atoms with van der Waals surface area (Å²) in [6, 6.07) is 18.5. The average Bonchev–Trinajstić information content (AvgIpc) is 2.40. The Kier molecular flexibility index (Phi) is 4.53. The van der Waals surface area contributed by atoms with Crippen LogP contribution in [0.25, 0.3) is 0 Å². The first-order valence-corrected chi connectivity index (χ1v) is 6.76. The second-order valence-corrected chi connectivity index (χ2v) is 4.95. The van der Waals surface area contributed by atoms with E-state index in [-0.39, 0.29) is 6.04 Å². The van der Waals surface area contributed by atoms with Crippen molar-refractivity contribution < 1.29 is 0 Å². The van der Waals surface area contributed by atoms with Crippen molar-refractivity contribution in [1.29, 1.82) is 0 Å². The van der Waals surface area contributed by atoms with Gasteiger partial charge in [-0.05, 0) is 49.3 Å². The molecule has 0 aliphatic heterocycles. The van der Waals surface area contributed by atoms with E-state index in [1.807, 2.05) is 42.5 Å². The van der Waals surface area contributed by atoms with Gasteiger partial charge >= 0.3 is 0 Å². The predicted octanol–water partition coefficient (Wildman–Crippen LogP) is 4.04. The van der Waals surface area contributed by atoms with Gasteiger partial charge in [-0.15, -0.1) is 0 Å². The van der Waals surface area contributed by atoms with Gasteiger partial charge in [0, 0.05) is 5.69 Å². The fraction of sp³-hybridized carbons (Fsp3) is 0.188. The highest BCUT2D eigenvalue weighted by atomic mass is 32.1. The molecule has 0 saturated heterocycles. The topological polar surface area (TPSA) is 24.1 Å². The molecule has 2 N–H and O–H groups in total. The Morgan fingerprint density at radius 1 is 1.00 bits per heavy atom. The van der Waals surface area contributed by atoms with Gasteiger partial charge in [-0.1, -0.05) is 42.5 Å². The van der Waals surface area contributed by atoms with Crippen LogP contribution in [0.3, 0.4) is 0 Å². The van der Waals surface area contributed by atoms with Gasteiger partial charge in [-0.2, -0.15) is 0 Å². The van der Waals surface area contributed by atoms with Crippen LogP contribution in [0.2, 0.25) is 0 Å². The summed E-state index contributed by atoms with van der Waals surface area (Å²) in [6.07, 6.45) is 0. The first-order valence-electron chi connectivity index (χ1n) is 6.35. The number of thiocarbonyl (C=S) groups is 1. The molecule has 0 fully saturated rings. The van der Waals surface area contributed by atoms with E-state index in [0.29, 0.717) is 5.11 Å². The minimum Gasteiger partial charge on any atom is -0.356 e. The Balaban J connectivity index is 1.98. The van der Waals surface area contributed by atoms with Gasteiger partial charge in [-0.3, -0.25) is 0 Å². The van der Waals surface area contributed by atoms with E-state index in [9.17, 15) is 0 Å². The first kappa shape index (κ1) is 13.6. The minimum absolute atomic E-state index is 0.185.